The Bertz CT molecular complexity index is 4590. The van der Waals surface area contributed by atoms with Gasteiger partial charge in [-0.1, -0.05) is 174 Å². The van der Waals surface area contributed by atoms with Gasteiger partial charge in [0, 0.05) is 45.6 Å². The highest BCUT2D eigenvalue weighted by molar-refractivity contribution is 8.30. The fraction of sp³-hybridized carbons (Fsp3) is 0.155. The number of carbonyl (C=O) groups excluding carboxylic acids is 1. The summed E-state index contributed by atoms with van der Waals surface area (Å²) in [7, 11) is 0. The van der Waals surface area contributed by atoms with Crippen LogP contribution in [0.25, 0.3) is 79.6 Å². The molecule has 14 heteroatoms. The third-order valence-corrected chi connectivity index (χ3v) is 17.9. The number of thiocarbonyl (C=S) groups is 1. The molecule has 4 aromatic heterocycles. The highest BCUT2D eigenvalue weighted by Gasteiger charge is 2.33. The Kier molecular flexibility index (Phi) is 14.9. The number of thioether (sulfide) groups is 1. The molecule has 420 valence electrons. The number of carboxylic acids is 1. The van der Waals surface area contributed by atoms with E-state index in [2.05, 4.69) is 177 Å². The van der Waals surface area contributed by atoms with Gasteiger partial charge in [-0.25, -0.2) is 9.97 Å². The van der Waals surface area contributed by atoms with E-state index in [0.29, 0.717) is 33.2 Å². The van der Waals surface area contributed by atoms with Crippen LogP contribution in [0.15, 0.2) is 163 Å². The number of thiazole rings is 1. The van der Waals surface area contributed by atoms with Gasteiger partial charge in [-0.3, -0.25) is 23.9 Å². The lowest BCUT2D eigenvalue weighted by molar-refractivity contribution is -0.137. The van der Waals surface area contributed by atoms with Crippen molar-refractivity contribution in [3.63, 3.8) is 0 Å². The minimum absolute atomic E-state index is 0.0474. The smallest absolute Gasteiger partial charge is 0.323 e. The number of aromatic amines is 2. The van der Waals surface area contributed by atoms with Gasteiger partial charge in [-0.05, 0) is 137 Å². The number of carboxylic acid groups (broad SMARTS) is 1. The van der Waals surface area contributed by atoms with Crippen molar-refractivity contribution in [3.8, 4) is 34.1 Å². The van der Waals surface area contributed by atoms with E-state index in [9.17, 15) is 19.5 Å². The van der Waals surface area contributed by atoms with Crippen molar-refractivity contribution in [1.29, 1.82) is 0 Å². The molecule has 85 heavy (non-hydrogen) atoms. The zero-order chi connectivity index (χ0) is 59.3. The number of nitrogens with zero attached hydrogens (tertiary/aromatic N) is 5. The molecule has 3 N–H and O–H groups in total. The van der Waals surface area contributed by atoms with Gasteiger partial charge in [-0.15, -0.1) is 11.3 Å². The van der Waals surface area contributed by atoms with Gasteiger partial charge in [0.1, 0.15) is 20.4 Å². The molecule has 9 aromatic rings. The van der Waals surface area contributed by atoms with E-state index >= 15 is 0 Å². The summed E-state index contributed by atoms with van der Waals surface area (Å²) in [5.41, 5.74) is 16.9. The van der Waals surface area contributed by atoms with Crippen LogP contribution in [0.4, 0.5) is 17.1 Å². The first-order valence-electron chi connectivity index (χ1n) is 28.0. The molecule has 0 atom stereocenters. The Hall–Kier alpha value is -9.39. The van der Waals surface area contributed by atoms with Crippen LogP contribution < -0.4 is 19.7 Å². The average molecular weight is 1170 g/mol. The first-order chi connectivity index (χ1) is 40.9. The van der Waals surface area contributed by atoms with E-state index in [0.717, 1.165) is 106 Å². The Balaban J connectivity index is 1.07. The number of aliphatic carboxylic acids is 1. The fourth-order valence-electron chi connectivity index (χ4n) is 10.7. The SMILES string of the molecule is CCN1C(=O)/C(=c2\sc(=Cc3ccc(C#Cc4c5nc(c(-c6ccccc6)c6ccc([nH]6)c(N(c6ccc(C(C)(C)C)cc6)c6ccc(C(C)(C)C)cc6)c6nc(c(-c7ccccc7)c7ccc4[nH]7)C=C6)C=C5)cc3)c(=O)n2CC(=O)O)SC1=S. The molecule has 11 nitrogen and oxygen atoms in total. The number of hydrogen-bond acceptors (Lipinski definition) is 9. The number of carbonyl (C=O) groups is 2. The highest BCUT2D eigenvalue weighted by Crippen LogP contribution is 2.43. The van der Waals surface area contributed by atoms with Crippen LogP contribution in [0.3, 0.4) is 0 Å². The molecule has 12 rings (SSSR count). The van der Waals surface area contributed by atoms with E-state index in [4.69, 9.17) is 22.2 Å². The molecule has 0 aliphatic carbocycles. The van der Waals surface area contributed by atoms with Crippen LogP contribution in [-0.2, 0) is 27.0 Å². The van der Waals surface area contributed by atoms with Crippen LogP contribution in [0.1, 0.15) is 99.1 Å². The zero-order valence-corrected chi connectivity index (χ0v) is 50.4. The zero-order valence-electron chi connectivity index (χ0n) is 47.9. The number of fused-ring (bicyclic) bond motifs is 8. The van der Waals surface area contributed by atoms with Crippen molar-refractivity contribution >= 4 is 126 Å². The van der Waals surface area contributed by atoms with Gasteiger partial charge in [0.25, 0.3) is 11.5 Å². The minimum Gasteiger partial charge on any atom is -0.480 e. The number of H-pyrrole nitrogens is 2. The topological polar surface area (TPSA) is 140 Å². The lowest BCUT2D eigenvalue weighted by atomic mass is 9.86. The van der Waals surface area contributed by atoms with Crippen molar-refractivity contribution in [2.24, 2.45) is 0 Å². The van der Waals surface area contributed by atoms with Crippen LogP contribution in [0, 0.1) is 11.8 Å². The molecule has 0 saturated carbocycles. The average Bonchev–Trinajstić information content (AvgIpc) is 3.46. The van der Waals surface area contributed by atoms with Crippen LogP contribution in [-0.4, -0.2) is 57.3 Å². The molecular weight excluding hydrogens is 1110 g/mol. The number of rotatable bonds is 9. The number of aromatic nitrogens is 5. The molecule has 1 amide bonds. The van der Waals surface area contributed by atoms with Crippen molar-refractivity contribution in [2.45, 2.75) is 65.8 Å². The van der Waals surface area contributed by atoms with E-state index in [1.165, 1.54) is 16.0 Å². The molecule has 5 aromatic carbocycles. The molecule has 3 aliphatic heterocycles. The normalized spacial score (nSPS) is 14.1. The maximum absolute atomic E-state index is 13.8. The summed E-state index contributed by atoms with van der Waals surface area (Å²) in [6.45, 7) is 15.0. The molecule has 7 heterocycles. The molecule has 0 unspecified atom stereocenters. The second-order valence-corrected chi connectivity index (χ2v) is 25.6. The Labute approximate surface area is 506 Å². The van der Waals surface area contributed by atoms with E-state index in [1.807, 2.05) is 79.7 Å². The molecule has 1 fully saturated rings. The quantitative estimate of drug-likeness (QED) is 0.0952. The summed E-state index contributed by atoms with van der Waals surface area (Å²) in [4.78, 5) is 61.9. The van der Waals surface area contributed by atoms with Gasteiger partial charge in [0.05, 0.1) is 49.6 Å². The van der Waals surface area contributed by atoms with Crippen molar-refractivity contribution in [3.05, 3.63) is 228 Å². The lowest BCUT2D eigenvalue weighted by Crippen LogP contribution is -2.35. The monoisotopic (exact) mass is 1170 g/mol. The summed E-state index contributed by atoms with van der Waals surface area (Å²) < 4.78 is 2.04. The predicted octanol–water partition coefficient (Wildman–Crippen LogP) is 14.6. The summed E-state index contributed by atoms with van der Waals surface area (Å²) in [6, 6.07) is 54.3. The Morgan fingerprint density at radius 1 is 0.635 bits per heavy atom. The maximum atomic E-state index is 13.8. The van der Waals surface area contributed by atoms with E-state index in [1.54, 1.807) is 6.08 Å². The van der Waals surface area contributed by atoms with Gasteiger partial charge >= 0.3 is 5.97 Å². The molecule has 8 bridgehead atoms. The Morgan fingerprint density at radius 3 is 1.67 bits per heavy atom. The van der Waals surface area contributed by atoms with E-state index in [-0.39, 0.29) is 30.8 Å². The first kappa shape index (κ1) is 56.1. The van der Waals surface area contributed by atoms with E-state index < -0.39 is 18.1 Å². The van der Waals surface area contributed by atoms with Crippen LogP contribution in [0.5, 0.6) is 0 Å². The standard InChI is InChI=1S/C71H59N7O4S3/c1-8-76-67(82)65(85-69(76)83)68-77(42-61(79)80)66(81)60(84-68)41-44-21-19-43(20-22-44)23-32-51-52-33-35-54(72-52)62(45-15-11-9-12-16-45)56-37-39-58(74-56)64(59-40-38-57(75-59)63(46-17-13-10-14-18-46)55-36-34-53(51)73-55)78(49-28-24-47(25-29-49)70(2,3)4)50-30-26-48(27-31-50)71(5,6)7/h9-22,24-31,33-41,72,75H,8,42H2,1-7H3,(H,79,80)/b52-51?,53-51?,60-41?,62-54?,62-56?,63-55?,63-57?,64-58?,64-59?,68-65+. The number of anilines is 3. The molecule has 3 aliphatic rings. The number of benzene rings is 5. The van der Waals surface area contributed by atoms with Crippen molar-refractivity contribution < 1.29 is 14.7 Å². The molecule has 0 spiro atoms. The minimum atomic E-state index is -1.20. The maximum Gasteiger partial charge on any atom is 0.323 e. The number of nitrogens with one attached hydrogen (secondary N) is 2. The summed E-state index contributed by atoms with van der Waals surface area (Å²) >= 11 is 7.58. The van der Waals surface area contributed by atoms with Gasteiger partial charge in [0.15, 0.2) is 0 Å². The molecule has 0 radical (unpaired) electrons. The molecular formula is C71H59N7O4S3. The number of amides is 1. The van der Waals surface area contributed by atoms with Crippen LogP contribution in [0.2, 0.25) is 0 Å². The third kappa shape index (κ3) is 11.2. The summed E-state index contributed by atoms with van der Waals surface area (Å²) in [6.07, 6.45) is 10.00. The van der Waals surface area contributed by atoms with Crippen LogP contribution >= 0.6 is 35.3 Å². The number of hydrogen-bond donors (Lipinski definition) is 3. The largest absolute Gasteiger partial charge is 0.480 e. The second kappa shape index (κ2) is 22.6. The lowest BCUT2D eigenvalue weighted by Gasteiger charge is -2.28. The Morgan fingerprint density at radius 2 is 1.14 bits per heavy atom. The van der Waals surface area contributed by atoms with Gasteiger partial charge < -0.3 is 20.0 Å². The second-order valence-electron chi connectivity index (χ2n) is 23.0. The first-order valence-corrected chi connectivity index (χ1v) is 30.1. The van der Waals surface area contributed by atoms with Crippen molar-refractivity contribution in [1.82, 2.24) is 29.4 Å². The highest BCUT2D eigenvalue weighted by atomic mass is 32.2. The van der Waals surface area contributed by atoms with Crippen molar-refractivity contribution in [2.75, 3.05) is 11.4 Å². The summed E-state index contributed by atoms with van der Waals surface area (Å²) in [5.74, 6) is 5.39. The van der Waals surface area contributed by atoms with Gasteiger partial charge in [0.2, 0.25) is 0 Å². The fourth-order valence-corrected chi connectivity index (χ4v) is 13.4. The third-order valence-electron chi connectivity index (χ3n) is 15.2. The van der Waals surface area contributed by atoms with Gasteiger partial charge in [-0.2, -0.15) is 0 Å². The molecule has 1 saturated heterocycles. The predicted molar refractivity (Wildman–Crippen MR) is 354 cm³/mol. The summed E-state index contributed by atoms with van der Waals surface area (Å²) in [5, 5.41) is 9.77.